The van der Waals surface area contributed by atoms with Crippen molar-refractivity contribution in [3.63, 3.8) is 0 Å². The first kappa shape index (κ1) is 23.3. The van der Waals surface area contributed by atoms with Gasteiger partial charge in [-0.15, -0.1) is 0 Å². The smallest absolute Gasteiger partial charge is 0.429 e. The van der Waals surface area contributed by atoms with Crippen LogP contribution in [0, 0.1) is 0 Å². The zero-order valence-electron chi connectivity index (χ0n) is 19.8. The summed E-state index contributed by atoms with van der Waals surface area (Å²) in [6.45, 7) is 4.66. The van der Waals surface area contributed by atoms with Crippen LogP contribution in [-0.2, 0) is 35.5 Å². The van der Waals surface area contributed by atoms with Crippen LogP contribution in [0.3, 0.4) is 0 Å². The van der Waals surface area contributed by atoms with Gasteiger partial charge < -0.3 is 9.47 Å². The van der Waals surface area contributed by atoms with Crippen LogP contribution < -0.4 is 0 Å². The zero-order chi connectivity index (χ0) is 23.8. The van der Waals surface area contributed by atoms with Gasteiger partial charge in [0.2, 0.25) is 0 Å². The van der Waals surface area contributed by atoms with Gasteiger partial charge in [-0.05, 0) is 57.3 Å². The molecule has 4 rings (SSSR count). The number of benzene rings is 4. The third-order valence-electron chi connectivity index (χ3n) is 6.01. The van der Waals surface area contributed by atoms with Gasteiger partial charge in [0.05, 0.1) is 0 Å². The summed E-state index contributed by atoms with van der Waals surface area (Å²) in [7, 11) is 0. The van der Waals surface area contributed by atoms with Crippen molar-refractivity contribution in [1.29, 1.82) is 0 Å². The Bertz CT molecular complexity index is 1090. The van der Waals surface area contributed by atoms with Crippen LogP contribution in [0.4, 0.5) is 4.79 Å². The van der Waals surface area contributed by atoms with E-state index in [4.69, 9.17) is 9.47 Å². The Morgan fingerprint density at radius 1 is 0.471 bits per heavy atom. The average Bonchev–Trinajstić information content (AvgIpc) is 2.91. The third-order valence-corrected chi connectivity index (χ3v) is 6.01. The standard InChI is InChI=1S/C31H30O3/c1-3-23-5-13-27(14-6-23)29-17-9-25(10-18-29)21-33-31(32)34-22-26-11-19-30(20-12-26)28-15-7-24(4-2)8-16-28/h5-20H,3-4,21-22H2,1-2H3. The van der Waals surface area contributed by atoms with Crippen LogP contribution in [0.15, 0.2) is 97.1 Å². The van der Waals surface area contributed by atoms with Gasteiger partial charge in [0.25, 0.3) is 0 Å². The predicted molar refractivity (Wildman–Crippen MR) is 137 cm³/mol. The van der Waals surface area contributed by atoms with Gasteiger partial charge in [-0.1, -0.05) is 111 Å². The molecule has 3 heteroatoms. The number of rotatable bonds is 8. The maximum absolute atomic E-state index is 12.0. The first-order valence-corrected chi connectivity index (χ1v) is 11.8. The highest BCUT2D eigenvalue weighted by atomic mass is 16.7. The molecular weight excluding hydrogens is 420 g/mol. The molecule has 0 aliphatic rings. The van der Waals surface area contributed by atoms with Crippen molar-refractivity contribution < 1.29 is 14.3 Å². The molecule has 0 aliphatic carbocycles. The van der Waals surface area contributed by atoms with Crippen LogP contribution >= 0.6 is 0 Å². The molecule has 0 saturated heterocycles. The van der Waals surface area contributed by atoms with Crippen molar-refractivity contribution in [1.82, 2.24) is 0 Å². The fraction of sp³-hybridized carbons (Fsp3) is 0.194. The quantitative estimate of drug-likeness (QED) is 0.255. The lowest BCUT2D eigenvalue weighted by Crippen LogP contribution is -2.07. The molecule has 0 fully saturated rings. The van der Waals surface area contributed by atoms with E-state index >= 15 is 0 Å². The first-order valence-electron chi connectivity index (χ1n) is 11.8. The molecule has 0 heterocycles. The second-order valence-electron chi connectivity index (χ2n) is 8.32. The summed E-state index contributed by atoms with van der Waals surface area (Å²) < 4.78 is 10.6. The summed E-state index contributed by atoms with van der Waals surface area (Å²) in [6.07, 6.45) is 1.40. The number of carbonyl (C=O) groups is 1. The number of hydrogen-bond donors (Lipinski definition) is 0. The van der Waals surface area contributed by atoms with Crippen molar-refractivity contribution in [3.8, 4) is 22.3 Å². The molecule has 4 aromatic carbocycles. The monoisotopic (exact) mass is 450 g/mol. The molecule has 0 N–H and O–H groups in total. The minimum atomic E-state index is -0.668. The van der Waals surface area contributed by atoms with Gasteiger partial charge >= 0.3 is 6.16 Å². The molecule has 0 aliphatic heterocycles. The minimum Gasteiger partial charge on any atom is -0.429 e. The molecule has 0 saturated carbocycles. The van der Waals surface area contributed by atoms with Gasteiger partial charge in [-0.2, -0.15) is 0 Å². The molecule has 4 aromatic rings. The van der Waals surface area contributed by atoms with Gasteiger partial charge in [0.15, 0.2) is 0 Å². The molecule has 0 radical (unpaired) electrons. The fourth-order valence-corrected chi connectivity index (χ4v) is 3.78. The Kier molecular flexibility index (Phi) is 7.77. The van der Waals surface area contributed by atoms with Gasteiger partial charge in [0, 0.05) is 0 Å². The minimum absolute atomic E-state index is 0.181. The Morgan fingerprint density at radius 3 is 1.00 bits per heavy atom. The highest BCUT2D eigenvalue weighted by molar-refractivity contribution is 5.65. The zero-order valence-corrected chi connectivity index (χ0v) is 19.8. The highest BCUT2D eigenvalue weighted by Gasteiger charge is 2.07. The van der Waals surface area contributed by atoms with Crippen LogP contribution in [0.1, 0.15) is 36.1 Å². The summed E-state index contributed by atoms with van der Waals surface area (Å²) in [5.74, 6) is 0. The van der Waals surface area contributed by atoms with Crippen molar-refractivity contribution in [2.75, 3.05) is 0 Å². The Labute approximate surface area is 202 Å². The summed E-state index contributed by atoms with van der Waals surface area (Å²) >= 11 is 0. The number of carbonyl (C=O) groups excluding carboxylic acids is 1. The van der Waals surface area contributed by atoms with E-state index in [1.165, 1.54) is 22.3 Å². The largest absolute Gasteiger partial charge is 0.508 e. The molecular formula is C31H30O3. The summed E-state index contributed by atoms with van der Waals surface area (Å²) in [4.78, 5) is 12.0. The van der Waals surface area contributed by atoms with E-state index in [2.05, 4.69) is 62.4 Å². The van der Waals surface area contributed by atoms with Crippen molar-refractivity contribution in [3.05, 3.63) is 119 Å². The van der Waals surface area contributed by atoms with E-state index in [1.807, 2.05) is 48.5 Å². The van der Waals surface area contributed by atoms with Crippen LogP contribution in [0.25, 0.3) is 22.3 Å². The Morgan fingerprint density at radius 2 is 0.735 bits per heavy atom. The van der Waals surface area contributed by atoms with Crippen LogP contribution in [0.5, 0.6) is 0 Å². The normalized spacial score (nSPS) is 10.6. The van der Waals surface area contributed by atoms with E-state index < -0.39 is 6.16 Å². The lowest BCUT2D eigenvalue weighted by Gasteiger charge is -2.09. The topological polar surface area (TPSA) is 35.5 Å². The van der Waals surface area contributed by atoms with Gasteiger partial charge in [0.1, 0.15) is 13.2 Å². The molecule has 0 spiro atoms. The molecule has 0 aromatic heterocycles. The maximum atomic E-state index is 12.0. The van der Waals surface area contributed by atoms with Gasteiger partial charge in [-0.25, -0.2) is 4.79 Å². The van der Waals surface area contributed by atoms with Gasteiger partial charge in [-0.3, -0.25) is 0 Å². The summed E-state index contributed by atoms with van der Waals surface area (Å²) in [6, 6.07) is 33.2. The first-order chi connectivity index (χ1) is 16.6. The van der Waals surface area contributed by atoms with E-state index in [1.54, 1.807) is 0 Å². The number of ether oxygens (including phenoxy) is 2. The Hall–Kier alpha value is -3.85. The van der Waals surface area contributed by atoms with E-state index in [-0.39, 0.29) is 13.2 Å². The third kappa shape index (κ3) is 6.14. The second kappa shape index (κ2) is 11.3. The fourth-order valence-electron chi connectivity index (χ4n) is 3.78. The maximum Gasteiger partial charge on any atom is 0.508 e. The average molecular weight is 451 g/mol. The summed E-state index contributed by atoms with van der Waals surface area (Å²) in [5, 5.41) is 0. The SMILES string of the molecule is CCc1ccc(-c2ccc(COC(=O)OCc3ccc(-c4ccc(CC)cc4)cc3)cc2)cc1. The molecule has 0 amide bonds. The number of hydrogen-bond acceptors (Lipinski definition) is 3. The lowest BCUT2D eigenvalue weighted by molar-refractivity contribution is 0.0446. The predicted octanol–water partition coefficient (Wildman–Crippen LogP) is 8.00. The van der Waals surface area contributed by atoms with Crippen LogP contribution in [0.2, 0.25) is 0 Å². The molecule has 34 heavy (non-hydrogen) atoms. The number of aryl methyl sites for hydroxylation is 2. The highest BCUT2D eigenvalue weighted by Crippen LogP contribution is 2.22. The summed E-state index contributed by atoms with van der Waals surface area (Å²) in [5.41, 5.74) is 9.11. The molecule has 0 atom stereocenters. The van der Waals surface area contributed by atoms with E-state index in [9.17, 15) is 4.79 Å². The Balaban J connectivity index is 1.24. The second-order valence-corrected chi connectivity index (χ2v) is 8.32. The molecule has 172 valence electrons. The van der Waals surface area contributed by atoms with Crippen molar-refractivity contribution in [2.24, 2.45) is 0 Å². The lowest BCUT2D eigenvalue weighted by atomic mass is 10.0. The van der Waals surface area contributed by atoms with Crippen molar-refractivity contribution >= 4 is 6.16 Å². The van der Waals surface area contributed by atoms with Crippen molar-refractivity contribution in [2.45, 2.75) is 39.9 Å². The molecule has 0 unspecified atom stereocenters. The van der Waals surface area contributed by atoms with Crippen LogP contribution in [-0.4, -0.2) is 6.16 Å². The van der Waals surface area contributed by atoms with E-state index in [0.29, 0.717) is 0 Å². The molecule has 3 nitrogen and oxygen atoms in total. The van der Waals surface area contributed by atoms with E-state index in [0.717, 1.165) is 35.1 Å². The molecule has 0 bridgehead atoms.